The first-order chi connectivity index (χ1) is 20.8. The van der Waals surface area contributed by atoms with E-state index in [2.05, 4.69) is 54.5 Å². The van der Waals surface area contributed by atoms with Crippen molar-refractivity contribution >= 4 is 0 Å². The summed E-state index contributed by atoms with van der Waals surface area (Å²) in [5.74, 6) is 0.315. The topological polar surface area (TPSA) is 160 Å². The van der Waals surface area contributed by atoms with Crippen LogP contribution in [0.25, 0.3) is 0 Å². The molecule has 4 aliphatic carbocycles. The molecular weight excluding hydrogens is 576 g/mol. The molecule has 9 heteroatoms. The molecule has 1 aliphatic heterocycles. The Bertz CT molecular complexity index is 1100. The molecule has 5 rings (SSSR count). The lowest BCUT2D eigenvalue weighted by atomic mass is 9.35. The fourth-order valence-electron chi connectivity index (χ4n) is 12.0. The van der Waals surface area contributed by atoms with Crippen LogP contribution in [0.2, 0.25) is 0 Å². The van der Waals surface area contributed by atoms with E-state index >= 15 is 0 Å². The highest BCUT2D eigenvalue weighted by Gasteiger charge is 2.72. The summed E-state index contributed by atoms with van der Waals surface area (Å²) in [5.41, 5.74) is -0.719. The van der Waals surface area contributed by atoms with Crippen LogP contribution in [0.15, 0.2) is 11.6 Å². The fraction of sp³-hybridized carbons (Fsp3) is 0.944. The summed E-state index contributed by atoms with van der Waals surface area (Å²) in [7, 11) is 0. The van der Waals surface area contributed by atoms with Crippen LogP contribution in [0, 0.1) is 45.3 Å². The van der Waals surface area contributed by atoms with E-state index in [1.54, 1.807) is 0 Å². The Balaban J connectivity index is 1.40. The van der Waals surface area contributed by atoms with Gasteiger partial charge in [-0.25, -0.2) is 0 Å². The molecule has 9 nitrogen and oxygen atoms in total. The Kier molecular flexibility index (Phi) is 9.56. The summed E-state index contributed by atoms with van der Waals surface area (Å²) in [6.07, 6.45) is -0.607. The smallest absolute Gasteiger partial charge is 0.187 e. The Morgan fingerprint density at radius 1 is 0.889 bits per heavy atom. The van der Waals surface area contributed by atoms with Gasteiger partial charge in [0, 0.05) is 0 Å². The third kappa shape index (κ3) is 5.48. The van der Waals surface area contributed by atoms with E-state index in [0.29, 0.717) is 19.3 Å². The summed E-state index contributed by atoms with van der Waals surface area (Å²) >= 11 is 0. The van der Waals surface area contributed by atoms with E-state index in [9.17, 15) is 35.7 Å². The predicted octanol–water partition coefficient (Wildman–Crippen LogP) is 3.30. The summed E-state index contributed by atoms with van der Waals surface area (Å²) in [5, 5.41) is 76.6. The molecule has 16 atom stereocenters. The maximum atomic E-state index is 12.0. The third-order valence-corrected chi connectivity index (χ3v) is 14.4. The van der Waals surface area contributed by atoms with Crippen LogP contribution in [-0.2, 0) is 9.47 Å². The van der Waals surface area contributed by atoms with E-state index in [1.165, 1.54) is 5.57 Å². The van der Waals surface area contributed by atoms with Crippen molar-refractivity contribution in [3.05, 3.63) is 11.6 Å². The van der Waals surface area contributed by atoms with Gasteiger partial charge in [-0.1, -0.05) is 46.3 Å². The van der Waals surface area contributed by atoms with Gasteiger partial charge in [-0.05, 0) is 117 Å². The summed E-state index contributed by atoms with van der Waals surface area (Å²) < 4.78 is 12.0. The highest BCUT2D eigenvalue weighted by atomic mass is 16.7. The van der Waals surface area contributed by atoms with E-state index in [1.807, 2.05) is 6.92 Å². The van der Waals surface area contributed by atoms with E-state index in [4.69, 9.17) is 9.47 Å². The van der Waals surface area contributed by atoms with Crippen LogP contribution in [0.5, 0.6) is 0 Å². The van der Waals surface area contributed by atoms with Gasteiger partial charge >= 0.3 is 0 Å². The maximum Gasteiger partial charge on any atom is 0.187 e. The minimum Gasteiger partial charge on any atom is -0.394 e. The van der Waals surface area contributed by atoms with Crippen LogP contribution in [0.4, 0.5) is 0 Å². The van der Waals surface area contributed by atoms with Crippen molar-refractivity contribution in [1.29, 1.82) is 0 Å². The van der Waals surface area contributed by atoms with Gasteiger partial charge in [-0.3, -0.25) is 0 Å². The van der Waals surface area contributed by atoms with Crippen molar-refractivity contribution in [1.82, 2.24) is 0 Å². The molecule has 5 aliphatic rings. The lowest BCUT2D eigenvalue weighted by Crippen LogP contribution is -2.69. The molecule has 1 saturated heterocycles. The molecule has 45 heavy (non-hydrogen) atoms. The predicted molar refractivity (Wildman–Crippen MR) is 170 cm³/mol. The number of ether oxygens (including phenoxy) is 2. The van der Waals surface area contributed by atoms with Gasteiger partial charge in [0.1, 0.15) is 24.4 Å². The van der Waals surface area contributed by atoms with Gasteiger partial charge in [0.05, 0.1) is 30.5 Å². The molecule has 0 aromatic carbocycles. The monoisotopic (exact) mass is 638 g/mol. The molecule has 0 unspecified atom stereocenters. The number of hydrogen-bond acceptors (Lipinski definition) is 9. The van der Waals surface area contributed by atoms with Crippen molar-refractivity contribution in [2.24, 2.45) is 45.3 Å². The highest BCUT2D eigenvalue weighted by molar-refractivity contribution is 5.21. The molecule has 7 N–H and O–H groups in total. The lowest BCUT2D eigenvalue weighted by molar-refractivity contribution is -0.343. The van der Waals surface area contributed by atoms with Crippen LogP contribution >= 0.6 is 0 Å². The standard InChI is InChI=1S/C36H62O9/c1-19(2)10-9-13-36(8,43)20-11-14-35(7)26(20)21(38)16-25-33(5)17-22(39)30(32(3,4)24(33)12-15-34(25,35)6)45-31-29(42)28(41)27(40)23(18-37)44-31/h10,20-31,37-43H,9,11-18H2,1-8H3/t20-,21+,22+,23+,24-,25+,26-,27+,28-,29+,30-,31-,33-,34+,35+,36+/m1/s1. The normalized spacial score (nSPS) is 52.2. The molecule has 0 aromatic rings. The zero-order valence-corrected chi connectivity index (χ0v) is 28.8. The second kappa shape index (κ2) is 12.1. The van der Waals surface area contributed by atoms with E-state index in [-0.39, 0.29) is 39.9 Å². The number of allylic oxidation sites excluding steroid dienone is 2. The number of rotatable bonds is 7. The van der Waals surface area contributed by atoms with Gasteiger partial charge in [-0.2, -0.15) is 0 Å². The number of aliphatic hydroxyl groups is 7. The Labute approximate surface area is 270 Å². The Hall–Kier alpha value is -0.620. The first-order valence-electron chi connectivity index (χ1n) is 17.4. The number of fused-ring (bicyclic) bond motifs is 5. The average Bonchev–Trinajstić information content (AvgIpc) is 3.32. The number of aliphatic hydroxyl groups excluding tert-OH is 6. The van der Waals surface area contributed by atoms with Crippen LogP contribution in [-0.4, -0.2) is 97.0 Å². The Morgan fingerprint density at radius 2 is 1.53 bits per heavy atom. The summed E-state index contributed by atoms with van der Waals surface area (Å²) in [4.78, 5) is 0. The van der Waals surface area contributed by atoms with Gasteiger partial charge in [0.25, 0.3) is 0 Å². The lowest BCUT2D eigenvalue weighted by Gasteiger charge is -2.71. The zero-order chi connectivity index (χ0) is 33.5. The largest absolute Gasteiger partial charge is 0.394 e. The van der Waals surface area contributed by atoms with Crippen molar-refractivity contribution < 1.29 is 45.2 Å². The van der Waals surface area contributed by atoms with Crippen LogP contribution in [0.1, 0.15) is 107 Å². The first-order valence-corrected chi connectivity index (χ1v) is 17.4. The summed E-state index contributed by atoms with van der Waals surface area (Å²) in [6.45, 7) is 16.8. The van der Waals surface area contributed by atoms with Gasteiger partial charge < -0.3 is 45.2 Å². The van der Waals surface area contributed by atoms with Gasteiger partial charge in [-0.15, -0.1) is 0 Å². The van der Waals surface area contributed by atoms with Crippen molar-refractivity contribution in [3.8, 4) is 0 Å². The van der Waals surface area contributed by atoms with E-state index in [0.717, 1.165) is 32.1 Å². The molecule has 0 spiro atoms. The van der Waals surface area contributed by atoms with Crippen LogP contribution < -0.4 is 0 Å². The minimum absolute atomic E-state index is 0.00407. The zero-order valence-electron chi connectivity index (χ0n) is 28.8. The quantitative estimate of drug-likeness (QED) is 0.164. The average molecular weight is 639 g/mol. The summed E-state index contributed by atoms with van der Waals surface area (Å²) in [6, 6.07) is 0. The molecule has 0 aromatic heterocycles. The fourth-order valence-corrected chi connectivity index (χ4v) is 12.0. The molecular formula is C36H62O9. The second-order valence-electron chi connectivity index (χ2n) is 17.5. The molecule has 0 bridgehead atoms. The molecule has 260 valence electrons. The molecule has 0 radical (unpaired) electrons. The molecule has 1 heterocycles. The van der Waals surface area contributed by atoms with Crippen LogP contribution in [0.3, 0.4) is 0 Å². The van der Waals surface area contributed by atoms with Crippen molar-refractivity contribution in [2.75, 3.05) is 6.61 Å². The maximum absolute atomic E-state index is 12.0. The van der Waals surface area contributed by atoms with Crippen molar-refractivity contribution in [3.63, 3.8) is 0 Å². The third-order valence-electron chi connectivity index (χ3n) is 14.4. The van der Waals surface area contributed by atoms with E-state index < -0.39 is 66.6 Å². The first kappa shape index (κ1) is 35.7. The Morgan fingerprint density at radius 3 is 2.16 bits per heavy atom. The molecule has 0 amide bonds. The SMILES string of the molecule is CC(C)=CCC[C@](C)(O)[C@@H]1CC[C@@]2(C)[C@H]1[C@@H](O)C[C@H]1[C@]3(C)C[C@H](O)[C@@H](O[C@H]4O[C@@H](CO)[C@H](O)[C@@H](O)[C@@H]4O)C(C)(C)[C@H]3CC[C@@]12C. The highest BCUT2D eigenvalue weighted by Crippen LogP contribution is 2.76. The number of hydrogen-bond donors (Lipinski definition) is 7. The van der Waals surface area contributed by atoms with Gasteiger partial charge in [0.15, 0.2) is 6.29 Å². The molecule has 5 fully saturated rings. The van der Waals surface area contributed by atoms with Gasteiger partial charge in [0.2, 0.25) is 0 Å². The van der Waals surface area contributed by atoms with Crippen molar-refractivity contribution in [2.45, 2.75) is 161 Å². The minimum atomic E-state index is -1.55. The molecule has 4 saturated carbocycles. The second-order valence-corrected chi connectivity index (χ2v) is 17.5.